The number of carbonyl (C=O) groups excluding carboxylic acids is 1. The number of hydrogen-bond acceptors (Lipinski definition) is 3. The van der Waals surface area contributed by atoms with Crippen molar-refractivity contribution < 1.29 is 9.21 Å². The molecule has 1 amide bonds. The van der Waals surface area contributed by atoms with Crippen LogP contribution in [0, 0.1) is 0 Å². The summed E-state index contributed by atoms with van der Waals surface area (Å²) < 4.78 is 5.63. The van der Waals surface area contributed by atoms with Gasteiger partial charge in [-0.3, -0.25) is 4.79 Å². The molecular formula is C16H20N2O2. The highest BCUT2D eigenvalue weighted by Crippen LogP contribution is 2.20. The van der Waals surface area contributed by atoms with Gasteiger partial charge in [-0.1, -0.05) is 24.6 Å². The molecule has 106 valence electrons. The molecule has 1 unspecified atom stereocenters. The predicted molar refractivity (Wildman–Crippen MR) is 78.8 cm³/mol. The van der Waals surface area contributed by atoms with Gasteiger partial charge in [0, 0.05) is 25.0 Å². The molecule has 1 saturated heterocycles. The minimum Gasteiger partial charge on any atom is -0.451 e. The van der Waals surface area contributed by atoms with E-state index in [1.807, 2.05) is 37.4 Å². The average Bonchev–Trinajstić information content (AvgIpc) is 2.91. The van der Waals surface area contributed by atoms with Crippen molar-refractivity contribution in [1.29, 1.82) is 0 Å². The molecule has 0 radical (unpaired) electrons. The van der Waals surface area contributed by atoms with Crippen molar-refractivity contribution in [2.75, 3.05) is 20.1 Å². The van der Waals surface area contributed by atoms with Crippen molar-refractivity contribution in [2.45, 2.75) is 25.3 Å². The average molecular weight is 272 g/mol. The molecule has 1 aliphatic rings. The van der Waals surface area contributed by atoms with E-state index in [1.165, 1.54) is 12.8 Å². The lowest BCUT2D eigenvalue weighted by Gasteiger charge is -2.27. The summed E-state index contributed by atoms with van der Waals surface area (Å²) in [7, 11) is 1.84. The summed E-state index contributed by atoms with van der Waals surface area (Å²) in [6.07, 6.45) is 3.61. The van der Waals surface area contributed by atoms with Gasteiger partial charge >= 0.3 is 0 Å². The molecule has 0 bridgehead atoms. The number of para-hydroxylation sites is 1. The zero-order valence-corrected chi connectivity index (χ0v) is 11.8. The van der Waals surface area contributed by atoms with Crippen molar-refractivity contribution in [3.8, 4) is 0 Å². The maximum atomic E-state index is 12.4. The van der Waals surface area contributed by atoms with Crippen LogP contribution in [0.25, 0.3) is 11.0 Å². The Bertz CT molecular complexity index is 566. The van der Waals surface area contributed by atoms with E-state index in [9.17, 15) is 4.79 Å². The highest BCUT2D eigenvalue weighted by atomic mass is 16.3. The molecular weight excluding hydrogens is 252 g/mol. The van der Waals surface area contributed by atoms with Crippen molar-refractivity contribution in [3.05, 3.63) is 36.1 Å². The highest BCUT2D eigenvalue weighted by Gasteiger charge is 2.21. The quantitative estimate of drug-likeness (QED) is 0.934. The number of carbonyl (C=O) groups is 1. The second-order valence-corrected chi connectivity index (χ2v) is 5.48. The maximum absolute atomic E-state index is 12.4. The van der Waals surface area contributed by atoms with E-state index in [0.717, 1.165) is 30.5 Å². The van der Waals surface area contributed by atoms with Crippen LogP contribution in [-0.4, -0.2) is 37.0 Å². The van der Waals surface area contributed by atoms with Crippen molar-refractivity contribution in [2.24, 2.45) is 0 Å². The molecule has 4 heteroatoms. The lowest BCUT2D eigenvalue weighted by molar-refractivity contribution is 0.0746. The Morgan fingerprint density at radius 1 is 1.40 bits per heavy atom. The molecule has 1 aromatic heterocycles. The second kappa shape index (κ2) is 5.67. The molecule has 0 aliphatic carbocycles. The monoisotopic (exact) mass is 272 g/mol. The molecule has 0 saturated carbocycles. The summed E-state index contributed by atoms with van der Waals surface area (Å²) >= 11 is 0. The van der Waals surface area contributed by atoms with E-state index in [2.05, 4.69) is 5.32 Å². The van der Waals surface area contributed by atoms with Crippen molar-refractivity contribution in [3.63, 3.8) is 0 Å². The van der Waals surface area contributed by atoms with Crippen LogP contribution in [0.4, 0.5) is 0 Å². The van der Waals surface area contributed by atoms with Crippen molar-refractivity contribution >= 4 is 16.9 Å². The standard InChI is InChI=1S/C16H20N2O2/c1-18(11-13-7-4-5-9-17-13)16(19)15-10-12-6-2-3-8-14(12)20-15/h2-3,6,8,10,13,17H,4-5,7,9,11H2,1H3. The number of nitrogens with one attached hydrogen (secondary N) is 1. The molecule has 2 aromatic rings. The third-order valence-electron chi connectivity index (χ3n) is 3.89. The molecule has 0 spiro atoms. The predicted octanol–water partition coefficient (Wildman–Crippen LogP) is 2.65. The second-order valence-electron chi connectivity index (χ2n) is 5.48. The van der Waals surface area contributed by atoms with Crippen LogP contribution < -0.4 is 5.32 Å². The molecule has 1 aliphatic heterocycles. The molecule has 1 aromatic carbocycles. The highest BCUT2D eigenvalue weighted by molar-refractivity contribution is 5.95. The van der Waals surface area contributed by atoms with Gasteiger partial charge in [0.1, 0.15) is 5.58 Å². The Morgan fingerprint density at radius 3 is 3.00 bits per heavy atom. The Balaban J connectivity index is 1.70. The first-order chi connectivity index (χ1) is 9.74. The zero-order valence-electron chi connectivity index (χ0n) is 11.8. The lowest BCUT2D eigenvalue weighted by Crippen LogP contribution is -2.44. The number of likely N-dealkylation sites (N-methyl/N-ethyl adjacent to an activating group) is 1. The number of hydrogen-bond donors (Lipinski definition) is 1. The minimum absolute atomic E-state index is 0.0476. The van der Waals surface area contributed by atoms with Crippen LogP contribution in [0.5, 0.6) is 0 Å². The van der Waals surface area contributed by atoms with E-state index in [4.69, 9.17) is 4.42 Å². The number of furan rings is 1. The Labute approximate surface area is 118 Å². The van der Waals surface area contributed by atoms with Gasteiger partial charge in [-0.15, -0.1) is 0 Å². The lowest BCUT2D eigenvalue weighted by atomic mass is 10.0. The first kappa shape index (κ1) is 13.2. The van der Waals surface area contributed by atoms with Gasteiger partial charge in [-0.05, 0) is 31.5 Å². The van der Waals surface area contributed by atoms with Crippen LogP contribution in [0.3, 0.4) is 0 Å². The summed E-state index contributed by atoms with van der Waals surface area (Å²) in [6.45, 7) is 1.78. The molecule has 1 N–H and O–H groups in total. The van der Waals surface area contributed by atoms with E-state index in [1.54, 1.807) is 4.90 Å². The van der Waals surface area contributed by atoms with Gasteiger partial charge in [0.05, 0.1) is 0 Å². The summed E-state index contributed by atoms with van der Waals surface area (Å²) in [5, 5.41) is 4.43. The molecule has 3 rings (SSSR count). The normalized spacial score (nSPS) is 19.1. The smallest absolute Gasteiger partial charge is 0.289 e. The first-order valence-corrected chi connectivity index (χ1v) is 7.21. The molecule has 20 heavy (non-hydrogen) atoms. The van der Waals surface area contributed by atoms with E-state index < -0.39 is 0 Å². The number of piperidine rings is 1. The fraction of sp³-hybridized carbons (Fsp3) is 0.438. The third kappa shape index (κ3) is 2.70. The SMILES string of the molecule is CN(CC1CCCCN1)C(=O)c1cc2ccccc2o1. The Morgan fingerprint density at radius 2 is 2.25 bits per heavy atom. The van der Waals surface area contributed by atoms with Crippen LogP contribution in [0.1, 0.15) is 29.8 Å². The van der Waals surface area contributed by atoms with E-state index in [-0.39, 0.29) is 5.91 Å². The van der Waals surface area contributed by atoms with E-state index in [0.29, 0.717) is 11.8 Å². The molecule has 2 heterocycles. The fourth-order valence-corrected chi connectivity index (χ4v) is 2.77. The fourth-order valence-electron chi connectivity index (χ4n) is 2.77. The number of benzene rings is 1. The number of nitrogens with zero attached hydrogens (tertiary/aromatic N) is 1. The van der Waals surface area contributed by atoms with Gasteiger partial charge < -0.3 is 14.6 Å². The molecule has 4 nitrogen and oxygen atoms in total. The number of amides is 1. The number of fused-ring (bicyclic) bond motifs is 1. The van der Waals surface area contributed by atoms with Crippen molar-refractivity contribution in [1.82, 2.24) is 10.2 Å². The summed E-state index contributed by atoms with van der Waals surface area (Å²) in [5.41, 5.74) is 0.764. The zero-order chi connectivity index (χ0) is 13.9. The van der Waals surface area contributed by atoms with Gasteiger partial charge in [-0.2, -0.15) is 0 Å². The largest absolute Gasteiger partial charge is 0.451 e. The molecule has 1 atom stereocenters. The topological polar surface area (TPSA) is 45.5 Å². The van der Waals surface area contributed by atoms with Crippen LogP contribution in [-0.2, 0) is 0 Å². The van der Waals surface area contributed by atoms with Crippen LogP contribution >= 0.6 is 0 Å². The van der Waals surface area contributed by atoms with Crippen LogP contribution in [0.15, 0.2) is 34.7 Å². The summed E-state index contributed by atoms with van der Waals surface area (Å²) in [4.78, 5) is 14.1. The van der Waals surface area contributed by atoms with E-state index >= 15 is 0 Å². The number of rotatable bonds is 3. The molecule has 1 fully saturated rings. The summed E-state index contributed by atoms with van der Waals surface area (Å²) in [6, 6.07) is 9.93. The Hall–Kier alpha value is -1.81. The first-order valence-electron chi connectivity index (χ1n) is 7.21. The van der Waals surface area contributed by atoms with Gasteiger partial charge in [0.25, 0.3) is 5.91 Å². The summed E-state index contributed by atoms with van der Waals surface area (Å²) in [5.74, 6) is 0.373. The minimum atomic E-state index is -0.0476. The van der Waals surface area contributed by atoms with Gasteiger partial charge in [0.15, 0.2) is 5.76 Å². The Kier molecular flexibility index (Phi) is 3.74. The maximum Gasteiger partial charge on any atom is 0.289 e. The third-order valence-corrected chi connectivity index (χ3v) is 3.89. The van der Waals surface area contributed by atoms with Crippen LogP contribution in [0.2, 0.25) is 0 Å². The van der Waals surface area contributed by atoms with Gasteiger partial charge in [0.2, 0.25) is 0 Å². The van der Waals surface area contributed by atoms with Gasteiger partial charge in [-0.25, -0.2) is 0 Å².